The van der Waals surface area contributed by atoms with Gasteiger partial charge in [-0.1, -0.05) is 18.2 Å². The van der Waals surface area contributed by atoms with E-state index < -0.39 is 6.03 Å². The number of aryl methyl sites for hydroxylation is 1. The van der Waals surface area contributed by atoms with E-state index in [2.05, 4.69) is 21.9 Å². The highest BCUT2D eigenvalue weighted by Gasteiger charge is 2.10. The summed E-state index contributed by atoms with van der Waals surface area (Å²) in [4.78, 5) is 10.5. The molecule has 1 aliphatic heterocycles. The Labute approximate surface area is 93.7 Å². The molecule has 5 nitrogen and oxygen atoms in total. The first-order valence-electron chi connectivity index (χ1n) is 5.21. The third-order valence-corrected chi connectivity index (χ3v) is 2.49. The van der Waals surface area contributed by atoms with Crippen LogP contribution in [0.4, 0.5) is 10.5 Å². The number of carbonyl (C=O) groups excluding carboxylic acids is 1. The quantitative estimate of drug-likeness (QED) is 0.512. The summed E-state index contributed by atoms with van der Waals surface area (Å²) in [5.41, 5.74) is 10.4. The molecule has 0 unspecified atom stereocenters. The molecule has 5 heteroatoms. The third-order valence-electron chi connectivity index (χ3n) is 2.49. The average Bonchev–Trinajstić information content (AvgIpc) is 2.29. The molecule has 1 aliphatic rings. The fraction of sp³-hybridized carbons (Fsp3) is 0.273. The Morgan fingerprint density at radius 1 is 1.56 bits per heavy atom. The van der Waals surface area contributed by atoms with E-state index in [1.807, 2.05) is 12.1 Å². The Balaban J connectivity index is 2.20. The van der Waals surface area contributed by atoms with Crippen LogP contribution in [0.1, 0.15) is 17.5 Å². The minimum absolute atomic E-state index is 0.658. The Morgan fingerprint density at radius 3 is 3.25 bits per heavy atom. The number of nitrogens with one attached hydrogen (secondary N) is 2. The second-order valence-electron chi connectivity index (χ2n) is 3.65. The van der Waals surface area contributed by atoms with Crippen LogP contribution < -0.4 is 16.5 Å². The number of hydrogen-bond donors (Lipinski definition) is 3. The predicted octanol–water partition coefficient (Wildman–Crippen LogP) is 1.05. The van der Waals surface area contributed by atoms with Gasteiger partial charge in [0, 0.05) is 17.8 Å². The zero-order valence-corrected chi connectivity index (χ0v) is 8.86. The number of hydrogen-bond acceptors (Lipinski definition) is 3. The number of benzene rings is 1. The molecule has 1 aromatic carbocycles. The fourth-order valence-corrected chi connectivity index (χ4v) is 1.81. The van der Waals surface area contributed by atoms with Crippen molar-refractivity contribution in [3.05, 3.63) is 29.3 Å². The Hall–Kier alpha value is -2.04. The standard InChI is InChI=1S/C11H14N4O/c12-11(16)15-14-7-9-4-1-3-8-5-2-6-13-10(8)9/h1,3-4,7,13H,2,5-6H2,(H3,12,15,16). The molecule has 2 amide bonds. The molecule has 0 aliphatic carbocycles. The summed E-state index contributed by atoms with van der Waals surface area (Å²) in [6.07, 6.45) is 3.82. The minimum Gasteiger partial charge on any atom is -0.384 e. The van der Waals surface area contributed by atoms with E-state index in [4.69, 9.17) is 5.73 Å². The van der Waals surface area contributed by atoms with Crippen molar-refractivity contribution >= 4 is 17.9 Å². The maximum Gasteiger partial charge on any atom is 0.332 e. The first kappa shape index (κ1) is 10.5. The Bertz CT molecular complexity index is 428. The maximum absolute atomic E-state index is 10.5. The molecule has 16 heavy (non-hydrogen) atoms. The fourth-order valence-electron chi connectivity index (χ4n) is 1.81. The van der Waals surface area contributed by atoms with E-state index >= 15 is 0 Å². The molecule has 0 saturated carbocycles. The largest absolute Gasteiger partial charge is 0.384 e. The van der Waals surface area contributed by atoms with E-state index in [-0.39, 0.29) is 0 Å². The maximum atomic E-state index is 10.5. The summed E-state index contributed by atoms with van der Waals surface area (Å²) in [6, 6.07) is 5.37. The van der Waals surface area contributed by atoms with Crippen molar-refractivity contribution in [3.8, 4) is 0 Å². The molecule has 0 saturated heterocycles. The Kier molecular flexibility index (Phi) is 3.05. The summed E-state index contributed by atoms with van der Waals surface area (Å²) in [5.74, 6) is 0. The molecule has 0 radical (unpaired) electrons. The molecule has 84 valence electrons. The Morgan fingerprint density at radius 2 is 2.44 bits per heavy atom. The van der Waals surface area contributed by atoms with Crippen LogP contribution in [0.3, 0.4) is 0 Å². The molecule has 0 bridgehead atoms. The van der Waals surface area contributed by atoms with Crippen LogP contribution in [0.25, 0.3) is 0 Å². The van der Waals surface area contributed by atoms with Gasteiger partial charge in [-0.25, -0.2) is 10.2 Å². The smallest absolute Gasteiger partial charge is 0.332 e. The monoisotopic (exact) mass is 218 g/mol. The lowest BCUT2D eigenvalue weighted by atomic mass is 10.00. The van der Waals surface area contributed by atoms with Crippen molar-refractivity contribution in [2.45, 2.75) is 12.8 Å². The molecule has 1 aromatic rings. The number of para-hydroxylation sites is 1. The van der Waals surface area contributed by atoms with Gasteiger partial charge in [-0.15, -0.1) is 0 Å². The number of amides is 2. The van der Waals surface area contributed by atoms with Gasteiger partial charge in [0.25, 0.3) is 0 Å². The van der Waals surface area contributed by atoms with Crippen LogP contribution in [0.5, 0.6) is 0 Å². The zero-order chi connectivity index (χ0) is 11.4. The molecule has 0 fully saturated rings. The topological polar surface area (TPSA) is 79.5 Å². The molecule has 0 spiro atoms. The summed E-state index contributed by atoms with van der Waals surface area (Å²) in [5, 5.41) is 7.09. The van der Waals surface area contributed by atoms with E-state index in [0.717, 1.165) is 30.6 Å². The van der Waals surface area contributed by atoms with Crippen molar-refractivity contribution in [3.63, 3.8) is 0 Å². The molecular weight excluding hydrogens is 204 g/mol. The normalized spacial score (nSPS) is 14.2. The molecule has 2 rings (SSSR count). The molecule has 0 atom stereocenters. The number of carbonyl (C=O) groups is 1. The van der Waals surface area contributed by atoms with E-state index in [9.17, 15) is 4.79 Å². The van der Waals surface area contributed by atoms with Gasteiger partial charge in [-0.3, -0.25) is 0 Å². The van der Waals surface area contributed by atoms with E-state index in [1.54, 1.807) is 6.21 Å². The second kappa shape index (κ2) is 4.65. The number of rotatable bonds is 2. The van der Waals surface area contributed by atoms with Crippen LogP contribution in [-0.4, -0.2) is 18.8 Å². The van der Waals surface area contributed by atoms with Gasteiger partial charge in [-0.2, -0.15) is 5.10 Å². The van der Waals surface area contributed by atoms with Gasteiger partial charge in [-0.05, 0) is 18.4 Å². The lowest BCUT2D eigenvalue weighted by Crippen LogP contribution is -2.24. The van der Waals surface area contributed by atoms with Gasteiger partial charge < -0.3 is 11.1 Å². The van der Waals surface area contributed by atoms with Gasteiger partial charge in [0.2, 0.25) is 0 Å². The number of hydrazone groups is 1. The van der Waals surface area contributed by atoms with Crippen molar-refractivity contribution < 1.29 is 4.79 Å². The summed E-state index contributed by atoms with van der Waals surface area (Å²) in [7, 11) is 0. The third kappa shape index (κ3) is 2.31. The summed E-state index contributed by atoms with van der Waals surface area (Å²) < 4.78 is 0. The van der Waals surface area contributed by atoms with Gasteiger partial charge in [0.15, 0.2) is 0 Å². The summed E-state index contributed by atoms with van der Waals surface area (Å²) >= 11 is 0. The van der Waals surface area contributed by atoms with E-state index in [1.165, 1.54) is 5.56 Å². The first-order valence-corrected chi connectivity index (χ1v) is 5.21. The van der Waals surface area contributed by atoms with Crippen LogP contribution in [0, 0.1) is 0 Å². The average molecular weight is 218 g/mol. The number of fused-ring (bicyclic) bond motifs is 1. The second-order valence-corrected chi connectivity index (χ2v) is 3.65. The number of urea groups is 1. The number of nitrogens with two attached hydrogens (primary N) is 1. The zero-order valence-electron chi connectivity index (χ0n) is 8.86. The highest BCUT2D eigenvalue weighted by molar-refractivity contribution is 5.89. The van der Waals surface area contributed by atoms with Crippen molar-refractivity contribution in [1.82, 2.24) is 5.43 Å². The van der Waals surface area contributed by atoms with Crippen molar-refractivity contribution in [2.24, 2.45) is 10.8 Å². The van der Waals surface area contributed by atoms with Crippen LogP contribution in [0.15, 0.2) is 23.3 Å². The number of nitrogens with zero attached hydrogens (tertiary/aromatic N) is 1. The predicted molar refractivity (Wildman–Crippen MR) is 63.6 cm³/mol. The van der Waals surface area contributed by atoms with Crippen molar-refractivity contribution in [2.75, 3.05) is 11.9 Å². The van der Waals surface area contributed by atoms with Gasteiger partial charge in [0.05, 0.1) is 6.21 Å². The van der Waals surface area contributed by atoms with Crippen LogP contribution in [0.2, 0.25) is 0 Å². The summed E-state index contributed by atoms with van der Waals surface area (Å²) in [6.45, 7) is 0.973. The van der Waals surface area contributed by atoms with E-state index in [0.29, 0.717) is 0 Å². The first-order chi connectivity index (χ1) is 7.77. The van der Waals surface area contributed by atoms with Crippen LogP contribution >= 0.6 is 0 Å². The highest BCUT2D eigenvalue weighted by atomic mass is 16.2. The SMILES string of the molecule is NC(=O)NN=Cc1cccc2c1NCCC2. The molecule has 4 N–H and O–H groups in total. The van der Waals surface area contributed by atoms with Crippen LogP contribution in [-0.2, 0) is 6.42 Å². The minimum atomic E-state index is -0.658. The number of primary amides is 1. The number of anilines is 1. The highest BCUT2D eigenvalue weighted by Crippen LogP contribution is 2.24. The lowest BCUT2D eigenvalue weighted by molar-refractivity contribution is 0.249. The molecule has 1 heterocycles. The van der Waals surface area contributed by atoms with Gasteiger partial charge >= 0.3 is 6.03 Å². The molecular formula is C11H14N4O. The lowest BCUT2D eigenvalue weighted by Gasteiger charge is -2.19. The van der Waals surface area contributed by atoms with Crippen molar-refractivity contribution in [1.29, 1.82) is 0 Å². The molecule has 0 aromatic heterocycles. The van der Waals surface area contributed by atoms with Gasteiger partial charge in [0.1, 0.15) is 0 Å².